The van der Waals surface area contributed by atoms with E-state index in [1.807, 2.05) is 6.92 Å². The molecule has 0 aromatic carbocycles. The Hall–Kier alpha value is -0.560. The zero-order chi connectivity index (χ0) is 11.9. The van der Waals surface area contributed by atoms with Crippen LogP contribution in [0.15, 0.2) is 0 Å². The van der Waals surface area contributed by atoms with Gasteiger partial charge in [0.1, 0.15) is 0 Å². The molecule has 0 heterocycles. The van der Waals surface area contributed by atoms with Gasteiger partial charge in [-0.05, 0) is 19.8 Å². The molecule has 1 aliphatic rings. The summed E-state index contributed by atoms with van der Waals surface area (Å²) < 4.78 is 5.58. The highest BCUT2D eigenvalue weighted by atomic mass is 16.5. The molecule has 16 heavy (non-hydrogen) atoms. The number of methoxy groups -OCH3 is 1. The van der Waals surface area contributed by atoms with Gasteiger partial charge in [-0.2, -0.15) is 0 Å². The molecule has 1 saturated carbocycles. The van der Waals surface area contributed by atoms with Crippen molar-refractivity contribution in [3.63, 3.8) is 0 Å². The minimum Gasteiger partial charge on any atom is -0.379 e. The van der Waals surface area contributed by atoms with Gasteiger partial charge in [-0.3, -0.25) is 0 Å². The molecule has 92 valence electrons. The second-order valence-electron chi connectivity index (χ2n) is 4.43. The summed E-state index contributed by atoms with van der Waals surface area (Å²) in [6, 6.07) is 0. The fourth-order valence-corrected chi connectivity index (χ4v) is 2.56. The number of nitrogens with two attached hydrogens (primary N) is 1. The van der Waals surface area contributed by atoms with Crippen molar-refractivity contribution < 1.29 is 4.74 Å². The molecule has 0 spiro atoms. The third-order valence-electron chi connectivity index (χ3n) is 3.51. The van der Waals surface area contributed by atoms with Gasteiger partial charge in [0.25, 0.3) is 0 Å². The zero-order valence-corrected chi connectivity index (χ0v) is 10.5. The average molecular weight is 224 g/mol. The minimum atomic E-state index is -0.0254. The van der Waals surface area contributed by atoms with Crippen molar-refractivity contribution in [3.05, 3.63) is 0 Å². The van der Waals surface area contributed by atoms with Crippen molar-refractivity contribution in [1.29, 1.82) is 0 Å². The third-order valence-corrected chi connectivity index (χ3v) is 3.51. The van der Waals surface area contributed by atoms with Crippen LogP contribution in [0.1, 0.15) is 39.0 Å². The molecule has 1 fully saturated rings. The number of rotatable bonds is 5. The molecule has 0 amide bonds. The summed E-state index contributed by atoms with van der Waals surface area (Å²) in [7, 11) is 1.79. The molecule has 0 aromatic rings. The highest BCUT2D eigenvalue weighted by Crippen LogP contribution is 2.29. The first-order valence-corrected chi connectivity index (χ1v) is 6.16. The van der Waals surface area contributed by atoms with E-state index in [9.17, 15) is 0 Å². The first-order valence-electron chi connectivity index (χ1n) is 6.16. The van der Waals surface area contributed by atoms with E-state index in [0.29, 0.717) is 6.54 Å². The lowest BCUT2D eigenvalue weighted by atomic mass is 9.79. The van der Waals surface area contributed by atoms with E-state index in [4.69, 9.17) is 10.5 Å². The molecule has 3 nitrogen and oxygen atoms in total. The van der Waals surface area contributed by atoms with Gasteiger partial charge in [0.05, 0.1) is 11.6 Å². The summed E-state index contributed by atoms with van der Waals surface area (Å²) in [5, 5.41) is 3.57. The third kappa shape index (κ3) is 3.21. The lowest BCUT2D eigenvalue weighted by Crippen LogP contribution is -2.61. The first kappa shape index (κ1) is 13.5. The highest BCUT2D eigenvalue weighted by Gasteiger charge is 2.39. The average Bonchev–Trinajstić information content (AvgIpc) is 2.35. The van der Waals surface area contributed by atoms with Crippen LogP contribution in [0.3, 0.4) is 0 Å². The van der Waals surface area contributed by atoms with E-state index < -0.39 is 0 Å². The standard InChI is InChI=1S/C13H24N2O/c1-3-4-7-10-15-13(11-14)9-6-5-8-12(13)16-2/h12,15H,5-11,14H2,1-2H3. The van der Waals surface area contributed by atoms with Gasteiger partial charge in [-0.15, -0.1) is 11.8 Å². The number of hydrogen-bond acceptors (Lipinski definition) is 3. The molecule has 0 aromatic heterocycles. The Kier molecular flexibility index (Phi) is 5.83. The van der Waals surface area contributed by atoms with Gasteiger partial charge in [0.2, 0.25) is 0 Å². The van der Waals surface area contributed by atoms with Crippen molar-refractivity contribution in [1.82, 2.24) is 5.32 Å². The molecule has 0 aliphatic heterocycles. The molecule has 1 aliphatic carbocycles. The largest absolute Gasteiger partial charge is 0.379 e. The molecular weight excluding hydrogens is 200 g/mol. The van der Waals surface area contributed by atoms with Gasteiger partial charge in [0, 0.05) is 26.6 Å². The molecule has 2 unspecified atom stereocenters. The van der Waals surface area contributed by atoms with E-state index in [-0.39, 0.29) is 11.6 Å². The first-order chi connectivity index (χ1) is 7.79. The maximum absolute atomic E-state index is 5.94. The Morgan fingerprint density at radius 1 is 1.50 bits per heavy atom. The van der Waals surface area contributed by atoms with Crippen LogP contribution in [-0.2, 0) is 4.74 Å². The Labute approximate surface area is 99.1 Å². The van der Waals surface area contributed by atoms with Crippen molar-refractivity contribution in [3.8, 4) is 11.8 Å². The fourth-order valence-electron chi connectivity index (χ4n) is 2.56. The summed E-state index contributed by atoms with van der Waals surface area (Å²) in [5.41, 5.74) is 5.92. The van der Waals surface area contributed by atoms with Crippen molar-refractivity contribution in [2.24, 2.45) is 5.73 Å². The summed E-state index contributed by atoms with van der Waals surface area (Å²) >= 11 is 0. The van der Waals surface area contributed by atoms with Crippen LogP contribution < -0.4 is 11.1 Å². The SMILES string of the molecule is CC#CCCNC1(CN)CCCCC1OC. The lowest BCUT2D eigenvalue weighted by Gasteiger charge is -2.43. The molecule has 0 saturated heterocycles. The van der Waals surface area contributed by atoms with E-state index in [1.165, 1.54) is 12.8 Å². The Morgan fingerprint density at radius 2 is 2.31 bits per heavy atom. The normalized spacial score (nSPS) is 29.6. The predicted octanol–water partition coefficient (Wildman–Crippen LogP) is 1.28. The summed E-state index contributed by atoms with van der Waals surface area (Å²) in [6.45, 7) is 3.42. The maximum Gasteiger partial charge on any atom is 0.0765 e. The monoisotopic (exact) mass is 224 g/mol. The van der Waals surface area contributed by atoms with Crippen LogP contribution in [0, 0.1) is 11.8 Å². The van der Waals surface area contributed by atoms with Gasteiger partial charge < -0.3 is 15.8 Å². The minimum absolute atomic E-state index is 0.0254. The van der Waals surface area contributed by atoms with E-state index >= 15 is 0 Å². The molecule has 1 rings (SSSR count). The Bertz CT molecular complexity index is 256. The van der Waals surface area contributed by atoms with Gasteiger partial charge in [0.15, 0.2) is 0 Å². The maximum atomic E-state index is 5.94. The topological polar surface area (TPSA) is 47.3 Å². The number of ether oxygens (including phenoxy) is 1. The summed E-state index contributed by atoms with van der Waals surface area (Å²) in [5.74, 6) is 5.98. The summed E-state index contributed by atoms with van der Waals surface area (Å²) in [6.07, 6.45) is 5.84. The Morgan fingerprint density at radius 3 is 2.94 bits per heavy atom. The fraction of sp³-hybridized carbons (Fsp3) is 0.846. The second-order valence-corrected chi connectivity index (χ2v) is 4.43. The van der Waals surface area contributed by atoms with Crippen LogP contribution in [0.4, 0.5) is 0 Å². The number of nitrogens with one attached hydrogen (secondary N) is 1. The van der Waals surface area contributed by atoms with Gasteiger partial charge in [-0.1, -0.05) is 12.8 Å². The number of hydrogen-bond donors (Lipinski definition) is 2. The van der Waals surface area contributed by atoms with Crippen LogP contribution in [-0.4, -0.2) is 31.8 Å². The van der Waals surface area contributed by atoms with Crippen LogP contribution in [0.25, 0.3) is 0 Å². The van der Waals surface area contributed by atoms with Crippen LogP contribution in [0.5, 0.6) is 0 Å². The smallest absolute Gasteiger partial charge is 0.0765 e. The van der Waals surface area contributed by atoms with Crippen molar-refractivity contribution >= 4 is 0 Å². The van der Waals surface area contributed by atoms with E-state index in [1.54, 1.807) is 7.11 Å². The highest BCUT2D eigenvalue weighted by molar-refractivity contribution is 5.01. The Balaban J connectivity index is 2.53. The van der Waals surface area contributed by atoms with Gasteiger partial charge >= 0.3 is 0 Å². The van der Waals surface area contributed by atoms with Crippen molar-refractivity contribution in [2.75, 3.05) is 20.2 Å². The molecule has 3 N–H and O–H groups in total. The molecule has 3 heteroatoms. The van der Waals surface area contributed by atoms with Crippen LogP contribution in [0.2, 0.25) is 0 Å². The lowest BCUT2D eigenvalue weighted by molar-refractivity contribution is -0.00800. The molecule has 0 bridgehead atoms. The van der Waals surface area contributed by atoms with Crippen LogP contribution >= 0.6 is 0 Å². The molecular formula is C13H24N2O. The predicted molar refractivity (Wildman–Crippen MR) is 67.1 cm³/mol. The quantitative estimate of drug-likeness (QED) is 0.546. The van der Waals surface area contributed by atoms with E-state index in [2.05, 4.69) is 17.2 Å². The molecule has 2 atom stereocenters. The second kappa shape index (κ2) is 6.90. The molecule has 0 radical (unpaired) electrons. The zero-order valence-electron chi connectivity index (χ0n) is 10.5. The van der Waals surface area contributed by atoms with Crippen molar-refractivity contribution in [2.45, 2.75) is 50.7 Å². The summed E-state index contributed by atoms with van der Waals surface area (Å²) in [4.78, 5) is 0. The van der Waals surface area contributed by atoms with E-state index in [0.717, 1.165) is 25.8 Å². The van der Waals surface area contributed by atoms with Gasteiger partial charge in [-0.25, -0.2) is 0 Å².